The molecule has 0 aromatic carbocycles. The number of rotatable bonds is 2. The minimum absolute atomic E-state index is 0. The van der Waals surface area contributed by atoms with Crippen LogP contribution in [0.5, 0.6) is 0 Å². The molecule has 1 aromatic rings. The largest absolute Gasteiger partial charge is 0.334 e. The van der Waals surface area contributed by atoms with Gasteiger partial charge in [0.05, 0.1) is 0 Å². The van der Waals surface area contributed by atoms with Crippen molar-refractivity contribution in [2.75, 3.05) is 39.3 Å². The van der Waals surface area contributed by atoms with Crippen LogP contribution in [0.25, 0.3) is 0 Å². The average Bonchev–Trinajstić information content (AvgIpc) is 2.80. The first-order valence-electron chi connectivity index (χ1n) is 5.98. The van der Waals surface area contributed by atoms with Gasteiger partial charge >= 0.3 is 0 Å². The molecule has 2 aliphatic heterocycles. The maximum atomic E-state index is 12.1. The Kier molecular flexibility index (Phi) is 6.49. The van der Waals surface area contributed by atoms with Crippen LogP contribution in [0, 0.1) is 0 Å². The van der Waals surface area contributed by atoms with Gasteiger partial charge in [-0.05, 0) is 0 Å². The highest BCUT2D eigenvalue weighted by Gasteiger charge is 2.29. The minimum Gasteiger partial charge on any atom is -0.334 e. The highest BCUT2D eigenvalue weighted by Crippen LogP contribution is 2.13. The molecule has 3 rings (SSSR count). The summed E-state index contributed by atoms with van der Waals surface area (Å²) in [6.45, 7) is 5.83. The van der Waals surface area contributed by atoms with Gasteiger partial charge in [0, 0.05) is 56.9 Å². The molecule has 0 radical (unpaired) electrons. The number of thiazole rings is 1. The summed E-state index contributed by atoms with van der Waals surface area (Å²) in [4.78, 5) is 20.5. The van der Waals surface area contributed by atoms with E-state index in [2.05, 4.69) is 15.2 Å². The molecule has 0 aliphatic carbocycles. The second-order valence-corrected chi connectivity index (χ2v) is 5.37. The number of halogens is 2. The van der Waals surface area contributed by atoms with Crippen molar-refractivity contribution in [3.05, 3.63) is 16.6 Å². The van der Waals surface area contributed by atoms with Crippen LogP contribution < -0.4 is 5.32 Å². The third-order valence-corrected chi connectivity index (χ3v) is 4.25. The zero-order valence-corrected chi connectivity index (χ0v) is 12.9. The molecule has 0 spiro atoms. The van der Waals surface area contributed by atoms with Gasteiger partial charge in [-0.2, -0.15) is 0 Å². The van der Waals surface area contributed by atoms with E-state index >= 15 is 0 Å². The number of aromatic nitrogens is 1. The number of nitrogens with zero attached hydrogens (tertiary/aromatic N) is 3. The second-order valence-electron chi connectivity index (χ2n) is 4.48. The van der Waals surface area contributed by atoms with Gasteiger partial charge in [0.15, 0.2) is 5.01 Å². The monoisotopic (exact) mass is 324 g/mol. The van der Waals surface area contributed by atoms with Crippen molar-refractivity contribution in [3.63, 3.8) is 0 Å². The zero-order valence-electron chi connectivity index (χ0n) is 10.4. The summed E-state index contributed by atoms with van der Waals surface area (Å²) in [5, 5.41) is 5.75. The molecule has 0 atom stereocenters. The smallest absolute Gasteiger partial charge is 0.282 e. The summed E-state index contributed by atoms with van der Waals surface area (Å²) < 4.78 is 0. The molecule has 3 heterocycles. The van der Waals surface area contributed by atoms with Gasteiger partial charge in [-0.1, -0.05) is 0 Å². The van der Waals surface area contributed by atoms with Crippen LogP contribution in [0.15, 0.2) is 11.6 Å². The molecule has 108 valence electrons. The first-order valence-corrected chi connectivity index (χ1v) is 6.86. The van der Waals surface area contributed by atoms with Crippen LogP contribution in [0.3, 0.4) is 0 Å². The SMILES string of the molecule is Cl.Cl.O=C(c1nccs1)N1CCN(C2CNC2)CC1. The predicted molar refractivity (Wildman–Crippen MR) is 80.7 cm³/mol. The maximum absolute atomic E-state index is 12.1. The van der Waals surface area contributed by atoms with Gasteiger partial charge in [0.25, 0.3) is 5.91 Å². The Morgan fingerprint density at radius 3 is 2.42 bits per heavy atom. The van der Waals surface area contributed by atoms with E-state index in [4.69, 9.17) is 0 Å². The van der Waals surface area contributed by atoms with Crippen molar-refractivity contribution >= 4 is 42.1 Å². The number of hydrogen-bond acceptors (Lipinski definition) is 5. The summed E-state index contributed by atoms with van der Waals surface area (Å²) >= 11 is 1.42. The van der Waals surface area contributed by atoms with Crippen molar-refractivity contribution in [2.24, 2.45) is 0 Å². The third-order valence-electron chi connectivity index (χ3n) is 3.49. The quantitative estimate of drug-likeness (QED) is 0.870. The number of amides is 1. The molecule has 5 nitrogen and oxygen atoms in total. The summed E-state index contributed by atoms with van der Waals surface area (Å²) in [7, 11) is 0. The Balaban J connectivity index is 0.000000902. The van der Waals surface area contributed by atoms with Crippen molar-refractivity contribution < 1.29 is 4.79 Å². The molecular formula is C11H18Cl2N4OS. The molecular weight excluding hydrogens is 307 g/mol. The standard InChI is InChI=1S/C11H16N4OS.2ClH/c16-11(10-13-1-6-17-10)15-4-2-14(3-5-15)9-7-12-8-9;;/h1,6,9,12H,2-5,7-8H2;2*1H. The Morgan fingerprint density at radius 1 is 1.26 bits per heavy atom. The van der Waals surface area contributed by atoms with E-state index in [1.807, 2.05) is 10.3 Å². The molecule has 1 aromatic heterocycles. The predicted octanol–water partition coefficient (Wildman–Crippen LogP) is 0.716. The van der Waals surface area contributed by atoms with E-state index in [0.717, 1.165) is 39.3 Å². The fraction of sp³-hybridized carbons (Fsp3) is 0.636. The third kappa shape index (κ3) is 3.58. The molecule has 2 fully saturated rings. The summed E-state index contributed by atoms with van der Waals surface area (Å²) in [5.41, 5.74) is 0. The first kappa shape index (κ1) is 16.7. The zero-order chi connectivity index (χ0) is 11.7. The summed E-state index contributed by atoms with van der Waals surface area (Å²) in [6.07, 6.45) is 1.69. The van der Waals surface area contributed by atoms with Gasteiger partial charge < -0.3 is 10.2 Å². The molecule has 0 unspecified atom stereocenters. The Morgan fingerprint density at radius 2 is 1.95 bits per heavy atom. The lowest BCUT2D eigenvalue weighted by atomic mass is 10.1. The van der Waals surface area contributed by atoms with Crippen LogP contribution >= 0.6 is 36.2 Å². The van der Waals surface area contributed by atoms with Crippen LogP contribution in [-0.2, 0) is 0 Å². The molecule has 2 aliphatic rings. The van der Waals surface area contributed by atoms with E-state index < -0.39 is 0 Å². The second kappa shape index (κ2) is 7.40. The number of piperazine rings is 1. The fourth-order valence-corrected chi connectivity index (χ4v) is 2.89. The van der Waals surface area contributed by atoms with Crippen molar-refractivity contribution in [2.45, 2.75) is 6.04 Å². The van der Waals surface area contributed by atoms with Gasteiger partial charge in [0.2, 0.25) is 0 Å². The van der Waals surface area contributed by atoms with Crippen LogP contribution in [-0.4, -0.2) is 66.0 Å². The molecule has 2 saturated heterocycles. The Hall–Kier alpha value is -0.400. The lowest BCUT2D eigenvalue weighted by Crippen LogP contribution is -2.62. The molecule has 0 saturated carbocycles. The highest BCUT2D eigenvalue weighted by atomic mass is 35.5. The van der Waals surface area contributed by atoms with E-state index in [9.17, 15) is 4.79 Å². The minimum atomic E-state index is 0. The maximum Gasteiger partial charge on any atom is 0.282 e. The van der Waals surface area contributed by atoms with Crippen molar-refractivity contribution in [1.29, 1.82) is 0 Å². The van der Waals surface area contributed by atoms with Crippen molar-refractivity contribution in [3.8, 4) is 0 Å². The molecule has 1 amide bonds. The van der Waals surface area contributed by atoms with E-state index in [0.29, 0.717) is 11.0 Å². The average molecular weight is 325 g/mol. The molecule has 19 heavy (non-hydrogen) atoms. The lowest BCUT2D eigenvalue weighted by Gasteiger charge is -2.43. The highest BCUT2D eigenvalue weighted by molar-refractivity contribution is 7.11. The Labute approximate surface area is 129 Å². The normalized spacial score (nSPS) is 20.1. The van der Waals surface area contributed by atoms with Crippen LogP contribution in [0.4, 0.5) is 0 Å². The summed E-state index contributed by atoms with van der Waals surface area (Å²) in [6, 6.07) is 0.687. The topological polar surface area (TPSA) is 48.5 Å². The molecule has 1 N–H and O–H groups in total. The van der Waals surface area contributed by atoms with Gasteiger partial charge in [0.1, 0.15) is 0 Å². The summed E-state index contributed by atoms with van der Waals surface area (Å²) in [5.74, 6) is 0.0892. The Bertz CT molecular complexity index is 391. The van der Waals surface area contributed by atoms with Gasteiger partial charge in [-0.3, -0.25) is 9.69 Å². The molecule has 0 bridgehead atoms. The van der Waals surface area contributed by atoms with E-state index in [1.54, 1.807) is 6.20 Å². The van der Waals surface area contributed by atoms with Crippen LogP contribution in [0.2, 0.25) is 0 Å². The lowest BCUT2D eigenvalue weighted by molar-refractivity contribution is 0.0502. The number of hydrogen-bond donors (Lipinski definition) is 1. The van der Waals surface area contributed by atoms with Gasteiger partial charge in [-0.25, -0.2) is 4.98 Å². The first-order chi connectivity index (χ1) is 8.34. The fourth-order valence-electron chi connectivity index (χ4n) is 2.29. The molecule has 8 heteroatoms. The number of nitrogens with one attached hydrogen (secondary N) is 1. The van der Waals surface area contributed by atoms with Crippen molar-refractivity contribution in [1.82, 2.24) is 20.1 Å². The number of carbonyl (C=O) groups is 1. The van der Waals surface area contributed by atoms with Gasteiger partial charge in [-0.15, -0.1) is 36.2 Å². The number of carbonyl (C=O) groups excluding carboxylic acids is 1. The van der Waals surface area contributed by atoms with E-state index in [1.165, 1.54) is 11.3 Å². The van der Waals surface area contributed by atoms with Crippen LogP contribution in [0.1, 0.15) is 9.80 Å². The van der Waals surface area contributed by atoms with E-state index in [-0.39, 0.29) is 30.7 Å².